The lowest BCUT2D eigenvalue weighted by Crippen LogP contribution is -2.34. The molecule has 1 N–H and O–H groups in total. The first-order valence-corrected chi connectivity index (χ1v) is 10.7. The first kappa shape index (κ1) is 19.7. The molecule has 5 rings (SSSR count). The monoisotopic (exact) mass is 413 g/mol. The lowest BCUT2D eigenvalue weighted by atomic mass is 9.68. The van der Waals surface area contributed by atoms with E-state index in [9.17, 15) is 4.79 Å². The molecule has 2 aliphatic rings. The van der Waals surface area contributed by atoms with Gasteiger partial charge in [0.25, 0.3) is 0 Å². The van der Waals surface area contributed by atoms with Gasteiger partial charge in [-0.2, -0.15) is 0 Å². The molecule has 1 aliphatic carbocycles. The molecule has 0 amide bonds. The van der Waals surface area contributed by atoms with Gasteiger partial charge in [-0.05, 0) is 28.9 Å². The maximum atomic E-state index is 13.5. The van der Waals surface area contributed by atoms with Crippen LogP contribution in [0.25, 0.3) is 10.8 Å². The zero-order chi connectivity index (χ0) is 21.8. The van der Waals surface area contributed by atoms with Crippen LogP contribution in [0.15, 0.2) is 65.9 Å². The summed E-state index contributed by atoms with van der Waals surface area (Å²) in [7, 11) is 3.30. The second-order valence-corrected chi connectivity index (χ2v) is 9.22. The van der Waals surface area contributed by atoms with Gasteiger partial charge in [-0.25, -0.2) is 0 Å². The van der Waals surface area contributed by atoms with Crippen molar-refractivity contribution in [1.82, 2.24) is 0 Å². The molecule has 1 unspecified atom stereocenters. The Labute approximate surface area is 182 Å². The van der Waals surface area contributed by atoms with Gasteiger partial charge in [-0.15, -0.1) is 0 Å². The summed E-state index contributed by atoms with van der Waals surface area (Å²) < 4.78 is 11.4. The molecule has 0 saturated carbocycles. The highest BCUT2D eigenvalue weighted by molar-refractivity contribution is 6.05. The van der Waals surface area contributed by atoms with Crippen molar-refractivity contribution >= 4 is 22.2 Å². The topological polar surface area (TPSA) is 47.6 Å². The highest BCUT2D eigenvalue weighted by atomic mass is 16.5. The average Bonchev–Trinajstić information content (AvgIpc) is 2.76. The predicted molar refractivity (Wildman–Crippen MR) is 124 cm³/mol. The summed E-state index contributed by atoms with van der Waals surface area (Å²) in [6.45, 7) is 4.33. The van der Waals surface area contributed by atoms with Crippen LogP contribution >= 0.6 is 0 Å². The van der Waals surface area contributed by atoms with E-state index in [-0.39, 0.29) is 17.1 Å². The molecule has 0 saturated heterocycles. The van der Waals surface area contributed by atoms with E-state index in [4.69, 9.17) is 9.47 Å². The quantitative estimate of drug-likeness (QED) is 0.567. The van der Waals surface area contributed by atoms with Crippen LogP contribution in [-0.4, -0.2) is 20.0 Å². The molecule has 0 radical (unpaired) electrons. The molecule has 4 nitrogen and oxygen atoms in total. The molecule has 3 aromatic carbocycles. The van der Waals surface area contributed by atoms with E-state index < -0.39 is 0 Å². The van der Waals surface area contributed by atoms with Gasteiger partial charge in [0.15, 0.2) is 17.3 Å². The van der Waals surface area contributed by atoms with Crippen LogP contribution in [-0.2, 0) is 4.79 Å². The van der Waals surface area contributed by atoms with Crippen LogP contribution in [0.3, 0.4) is 0 Å². The number of fused-ring (bicyclic) bond motifs is 3. The number of allylic oxidation sites excluding steroid dienone is 2. The van der Waals surface area contributed by atoms with E-state index >= 15 is 0 Å². The molecule has 0 spiro atoms. The van der Waals surface area contributed by atoms with Gasteiger partial charge in [0, 0.05) is 34.6 Å². The van der Waals surface area contributed by atoms with Crippen molar-refractivity contribution in [2.45, 2.75) is 32.6 Å². The molecular weight excluding hydrogens is 386 g/mol. The number of anilines is 1. The van der Waals surface area contributed by atoms with Crippen molar-refractivity contribution in [3.05, 3.63) is 77.0 Å². The zero-order valence-corrected chi connectivity index (χ0v) is 18.4. The molecule has 1 heterocycles. The van der Waals surface area contributed by atoms with Gasteiger partial charge in [0.05, 0.1) is 19.9 Å². The van der Waals surface area contributed by atoms with Gasteiger partial charge in [0.2, 0.25) is 0 Å². The molecule has 31 heavy (non-hydrogen) atoms. The van der Waals surface area contributed by atoms with Crippen molar-refractivity contribution in [1.29, 1.82) is 0 Å². The van der Waals surface area contributed by atoms with Crippen LogP contribution in [0.5, 0.6) is 11.5 Å². The number of hydrogen-bond acceptors (Lipinski definition) is 4. The zero-order valence-electron chi connectivity index (χ0n) is 18.4. The van der Waals surface area contributed by atoms with Crippen LogP contribution in [0, 0.1) is 5.41 Å². The molecule has 3 aromatic rings. The highest BCUT2D eigenvalue weighted by Gasteiger charge is 2.42. The fourth-order valence-corrected chi connectivity index (χ4v) is 5.22. The Hall–Kier alpha value is -3.27. The van der Waals surface area contributed by atoms with E-state index in [0.29, 0.717) is 17.9 Å². The van der Waals surface area contributed by atoms with E-state index in [2.05, 4.69) is 55.6 Å². The molecule has 158 valence electrons. The van der Waals surface area contributed by atoms with Gasteiger partial charge < -0.3 is 14.8 Å². The average molecular weight is 414 g/mol. The van der Waals surface area contributed by atoms with Gasteiger partial charge in [-0.3, -0.25) is 4.79 Å². The Morgan fingerprint density at radius 2 is 1.71 bits per heavy atom. The number of ether oxygens (including phenoxy) is 2. The SMILES string of the molecule is COc1cccc(C2C3=C(CC(C)(C)CC3=O)Nc3c2ccc2ccccc32)c1OC. The summed E-state index contributed by atoms with van der Waals surface area (Å²) in [4.78, 5) is 13.5. The van der Waals surface area contributed by atoms with Crippen LogP contribution < -0.4 is 14.8 Å². The maximum absolute atomic E-state index is 13.5. The smallest absolute Gasteiger partial charge is 0.164 e. The first-order chi connectivity index (χ1) is 14.9. The van der Waals surface area contributed by atoms with Crippen molar-refractivity contribution in [2.24, 2.45) is 5.41 Å². The summed E-state index contributed by atoms with van der Waals surface area (Å²) in [6.07, 6.45) is 1.37. The minimum atomic E-state index is -0.204. The lowest BCUT2D eigenvalue weighted by molar-refractivity contribution is -0.118. The van der Waals surface area contributed by atoms with Gasteiger partial charge >= 0.3 is 0 Å². The summed E-state index contributed by atoms with van der Waals surface area (Å²) in [5.74, 6) is 1.35. The third kappa shape index (κ3) is 3.09. The fourth-order valence-electron chi connectivity index (χ4n) is 5.22. The number of carbonyl (C=O) groups excluding carboxylic acids is 1. The second kappa shape index (κ2) is 7.16. The molecule has 4 heteroatoms. The third-order valence-electron chi connectivity index (χ3n) is 6.50. The number of ketones is 1. The minimum Gasteiger partial charge on any atom is -0.493 e. The van der Waals surface area contributed by atoms with Gasteiger partial charge in [-0.1, -0.05) is 62.4 Å². The number of hydrogen-bond donors (Lipinski definition) is 1. The lowest BCUT2D eigenvalue weighted by Gasteiger charge is -2.40. The maximum Gasteiger partial charge on any atom is 0.164 e. The highest BCUT2D eigenvalue weighted by Crippen LogP contribution is 2.53. The van der Waals surface area contributed by atoms with Gasteiger partial charge in [0.1, 0.15) is 0 Å². The number of methoxy groups -OCH3 is 2. The van der Waals surface area contributed by atoms with Crippen molar-refractivity contribution in [2.75, 3.05) is 19.5 Å². The molecule has 0 aromatic heterocycles. The number of carbonyl (C=O) groups is 1. The summed E-state index contributed by atoms with van der Waals surface area (Å²) in [5.41, 5.74) is 4.94. The normalized spacial score (nSPS) is 19.5. The standard InChI is InChI=1S/C27H27NO3/c1-27(2)14-20-24(21(29)15-27)23(19-10-7-11-22(30-3)26(19)31-4)18-13-12-16-8-5-6-9-17(16)25(18)28-20/h5-13,23,28H,14-15H2,1-4H3. The molecule has 0 bridgehead atoms. The van der Waals surface area contributed by atoms with Crippen molar-refractivity contribution in [3.63, 3.8) is 0 Å². The third-order valence-corrected chi connectivity index (χ3v) is 6.50. The predicted octanol–water partition coefficient (Wildman–Crippen LogP) is 6.06. The Morgan fingerprint density at radius 3 is 2.48 bits per heavy atom. The van der Waals surface area contributed by atoms with E-state index in [1.807, 2.05) is 18.2 Å². The minimum absolute atomic E-state index is 0.0754. The first-order valence-electron chi connectivity index (χ1n) is 10.7. The summed E-state index contributed by atoms with van der Waals surface area (Å²) in [6, 6.07) is 18.6. The molecule has 1 atom stereocenters. The van der Waals surface area contributed by atoms with Crippen LogP contribution in [0.2, 0.25) is 0 Å². The Kier molecular flexibility index (Phi) is 4.54. The number of para-hydroxylation sites is 1. The largest absolute Gasteiger partial charge is 0.493 e. The molecular formula is C27H27NO3. The fraction of sp³-hybridized carbons (Fsp3) is 0.296. The van der Waals surface area contributed by atoms with Crippen molar-refractivity contribution < 1.29 is 14.3 Å². The summed E-state index contributed by atoms with van der Waals surface area (Å²) >= 11 is 0. The second-order valence-electron chi connectivity index (χ2n) is 9.22. The van der Waals surface area contributed by atoms with Crippen LogP contribution in [0.4, 0.5) is 5.69 Å². The summed E-state index contributed by atoms with van der Waals surface area (Å²) in [5, 5.41) is 6.02. The number of nitrogens with one attached hydrogen (secondary N) is 1. The Balaban J connectivity index is 1.83. The number of rotatable bonds is 3. The molecule has 1 aliphatic heterocycles. The number of benzene rings is 3. The Morgan fingerprint density at radius 1 is 0.903 bits per heavy atom. The van der Waals surface area contributed by atoms with E-state index in [0.717, 1.165) is 39.9 Å². The Bertz CT molecular complexity index is 1240. The van der Waals surface area contributed by atoms with Crippen LogP contribution in [0.1, 0.15) is 43.7 Å². The van der Waals surface area contributed by atoms with Crippen molar-refractivity contribution in [3.8, 4) is 11.5 Å². The van der Waals surface area contributed by atoms with E-state index in [1.54, 1.807) is 14.2 Å². The van der Waals surface area contributed by atoms with E-state index in [1.165, 1.54) is 5.39 Å². The molecule has 0 fully saturated rings. The number of Topliss-reactive ketones (excluding diaryl/α,β-unsaturated/α-hetero) is 1.